The number of nitrogens with one attached hydrogen (secondary N) is 2. The van der Waals surface area contributed by atoms with Gasteiger partial charge in [-0.05, 0) is 54.7 Å². The Hall–Kier alpha value is -3.91. The van der Waals surface area contributed by atoms with Crippen molar-refractivity contribution in [2.45, 2.75) is 128 Å². The SMILES string of the molecule is CCCCCCCCCCCCC(Oc1ccc(O)c(C(C)(C)C)c1)C(=O)Nc1cc(O)c(NC(=O)C(F)(F)C(F)(F)C(F)(F)F)cc1N=C=S. The van der Waals surface area contributed by atoms with Crippen LogP contribution in [0.2, 0.25) is 0 Å². The summed E-state index contributed by atoms with van der Waals surface area (Å²) < 4.78 is 98.5. The number of halogens is 7. The number of amides is 2. The Kier molecular flexibility index (Phi) is 15.7. The number of benzene rings is 2. The highest BCUT2D eigenvalue weighted by Gasteiger charge is 2.76. The van der Waals surface area contributed by atoms with Gasteiger partial charge in [-0.25, -0.2) is 0 Å². The molecule has 51 heavy (non-hydrogen) atoms. The van der Waals surface area contributed by atoms with Crippen LogP contribution in [-0.4, -0.2) is 51.3 Å². The fourth-order valence-corrected chi connectivity index (χ4v) is 5.17. The van der Waals surface area contributed by atoms with Crippen molar-refractivity contribution >= 4 is 46.3 Å². The van der Waals surface area contributed by atoms with Crippen molar-refractivity contribution < 1.29 is 55.3 Å². The van der Waals surface area contributed by atoms with Crippen molar-refractivity contribution in [3.05, 3.63) is 35.9 Å². The number of hydrogen-bond acceptors (Lipinski definition) is 7. The fourth-order valence-electron chi connectivity index (χ4n) is 5.07. The maximum Gasteiger partial charge on any atom is 0.460 e. The molecule has 0 aliphatic rings. The number of ether oxygens (including phenoxy) is 1. The van der Waals surface area contributed by atoms with Gasteiger partial charge in [0.15, 0.2) is 6.10 Å². The topological polar surface area (TPSA) is 120 Å². The van der Waals surface area contributed by atoms with E-state index in [0.717, 1.165) is 37.4 Å². The molecule has 1 unspecified atom stereocenters. The number of carbonyl (C=O) groups is 2. The highest BCUT2D eigenvalue weighted by Crippen LogP contribution is 2.47. The summed E-state index contributed by atoms with van der Waals surface area (Å²) in [6, 6.07) is 5.83. The molecule has 0 bridgehead atoms. The second-order valence-corrected chi connectivity index (χ2v) is 13.4. The standard InChI is InChI=1S/C35H44F7N3O5S/c1-5-6-7-8-9-10-11-12-13-14-15-29(50-22-16-17-27(46)23(18-22)32(2,3)4)30(48)44-25-20-28(47)26(19-24(25)43-21-51)45-31(49)33(36,37)34(38,39)35(40,41)42/h16-20,29,46-47H,5-15H2,1-4H3,(H,44,48)(H,45,49). The van der Waals surface area contributed by atoms with Crippen LogP contribution in [0.3, 0.4) is 0 Å². The maximum absolute atomic E-state index is 13.9. The molecular weight excluding hydrogens is 707 g/mol. The van der Waals surface area contributed by atoms with Crippen molar-refractivity contribution in [2.24, 2.45) is 4.99 Å². The van der Waals surface area contributed by atoms with Crippen molar-refractivity contribution in [3.8, 4) is 17.2 Å². The van der Waals surface area contributed by atoms with Gasteiger partial charge in [0.1, 0.15) is 17.2 Å². The molecule has 0 aliphatic carbocycles. The summed E-state index contributed by atoms with van der Waals surface area (Å²) in [6.45, 7) is 7.78. The zero-order valence-electron chi connectivity index (χ0n) is 28.9. The second kappa shape index (κ2) is 18.5. The Balaban J connectivity index is 2.31. The van der Waals surface area contributed by atoms with Crippen molar-refractivity contribution in [2.75, 3.05) is 10.6 Å². The zero-order chi connectivity index (χ0) is 38.6. The third-order valence-electron chi connectivity index (χ3n) is 7.99. The summed E-state index contributed by atoms with van der Waals surface area (Å²) in [5.74, 6) is -17.6. The molecule has 0 radical (unpaired) electrons. The van der Waals surface area contributed by atoms with Gasteiger partial charge in [0.2, 0.25) is 0 Å². The Morgan fingerprint density at radius 3 is 1.92 bits per heavy atom. The van der Waals surface area contributed by atoms with E-state index in [2.05, 4.69) is 29.5 Å². The average Bonchev–Trinajstić information content (AvgIpc) is 3.03. The van der Waals surface area contributed by atoms with Gasteiger partial charge in [-0.15, -0.1) is 0 Å². The van der Waals surface area contributed by atoms with E-state index in [1.807, 2.05) is 25.9 Å². The monoisotopic (exact) mass is 751 g/mol. The average molecular weight is 752 g/mol. The molecule has 2 amide bonds. The smallest absolute Gasteiger partial charge is 0.460 e. The third kappa shape index (κ3) is 12.1. The largest absolute Gasteiger partial charge is 0.508 e. The van der Waals surface area contributed by atoms with E-state index < -0.39 is 58.5 Å². The Labute approximate surface area is 297 Å². The third-order valence-corrected chi connectivity index (χ3v) is 8.08. The zero-order valence-corrected chi connectivity index (χ0v) is 29.7. The van der Waals surface area contributed by atoms with Gasteiger partial charge in [-0.3, -0.25) is 9.59 Å². The molecule has 0 heterocycles. The Morgan fingerprint density at radius 1 is 0.824 bits per heavy atom. The molecule has 0 saturated carbocycles. The first-order chi connectivity index (χ1) is 23.7. The summed E-state index contributed by atoms with van der Waals surface area (Å²) in [6.07, 6.45) is 2.66. The lowest BCUT2D eigenvalue weighted by Gasteiger charge is -2.27. The van der Waals surface area contributed by atoms with Crippen LogP contribution in [0.4, 0.5) is 47.8 Å². The number of nitrogens with zero attached hydrogens (tertiary/aromatic N) is 1. The minimum Gasteiger partial charge on any atom is -0.508 e. The molecule has 2 rings (SSSR count). The van der Waals surface area contributed by atoms with Crippen LogP contribution in [0.15, 0.2) is 35.3 Å². The molecule has 16 heteroatoms. The van der Waals surface area contributed by atoms with E-state index in [1.165, 1.54) is 37.8 Å². The first kappa shape index (κ1) is 43.3. The predicted molar refractivity (Wildman–Crippen MR) is 184 cm³/mol. The number of phenols is 2. The van der Waals surface area contributed by atoms with Crippen molar-refractivity contribution in [1.82, 2.24) is 0 Å². The van der Waals surface area contributed by atoms with E-state index >= 15 is 0 Å². The van der Waals surface area contributed by atoms with E-state index in [-0.39, 0.29) is 23.6 Å². The number of anilines is 2. The summed E-state index contributed by atoms with van der Waals surface area (Å²) in [5.41, 5.74) is -1.69. The van der Waals surface area contributed by atoms with Crippen molar-refractivity contribution in [1.29, 1.82) is 0 Å². The second-order valence-electron chi connectivity index (χ2n) is 13.2. The molecule has 2 aromatic rings. The van der Waals surface area contributed by atoms with E-state index in [0.29, 0.717) is 24.1 Å². The highest BCUT2D eigenvalue weighted by molar-refractivity contribution is 7.78. The van der Waals surface area contributed by atoms with E-state index in [4.69, 9.17) is 4.74 Å². The van der Waals surface area contributed by atoms with Crippen LogP contribution < -0.4 is 15.4 Å². The first-order valence-electron chi connectivity index (χ1n) is 16.6. The van der Waals surface area contributed by atoms with Gasteiger partial charge in [0, 0.05) is 11.6 Å². The predicted octanol–water partition coefficient (Wildman–Crippen LogP) is 10.6. The van der Waals surface area contributed by atoms with E-state index in [9.17, 15) is 50.5 Å². The first-order valence-corrected chi connectivity index (χ1v) is 17.0. The molecule has 2 aromatic carbocycles. The lowest BCUT2D eigenvalue weighted by atomic mass is 9.86. The van der Waals surface area contributed by atoms with Crippen LogP contribution >= 0.6 is 12.2 Å². The molecule has 284 valence electrons. The molecule has 4 N–H and O–H groups in total. The number of carbonyl (C=O) groups excluding carboxylic acids is 2. The number of isothiocyanates is 1. The maximum atomic E-state index is 13.9. The number of aromatic hydroxyl groups is 2. The number of rotatable bonds is 19. The fraction of sp³-hybridized carbons (Fsp3) is 0.571. The number of hydrogen-bond donors (Lipinski definition) is 4. The molecule has 0 aromatic heterocycles. The summed E-state index contributed by atoms with van der Waals surface area (Å²) in [4.78, 5) is 29.1. The van der Waals surface area contributed by atoms with Crippen molar-refractivity contribution in [3.63, 3.8) is 0 Å². The van der Waals surface area contributed by atoms with Gasteiger partial charge in [-0.1, -0.05) is 85.5 Å². The summed E-state index contributed by atoms with van der Waals surface area (Å²) in [5, 5.41) is 26.3. The quantitative estimate of drug-likeness (QED) is 0.0373. The van der Waals surface area contributed by atoms with Gasteiger partial charge < -0.3 is 25.6 Å². The number of aliphatic imine (C=N–C) groups is 1. The number of unbranched alkanes of at least 4 members (excludes halogenated alkanes) is 9. The molecule has 0 saturated heterocycles. The number of phenolic OH excluding ortho intramolecular Hbond substituents is 2. The lowest BCUT2D eigenvalue weighted by Crippen LogP contribution is -2.57. The van der Waals surface area contributed by atoms with Gasteiger partial charge >= 0.3 is 23.9 Å². The van der Waals surface area contributed by atoms with Crippen LogP contribution in [0.1, 0.15) is 104 Å². The van der Waals surface area contributed by atoms with Gasteiger partial charge in [0.05, 0.1) is 22.2 Å². The molecule has 1 atom stereocenters. The highest BCUT2D eigenvalue weighted by atomic mass is 32.1. The minimum absolute atomic E-state index is 0.0238. The van der Waals surface area contributed by atoms with Crippen LogP contribution in [0.25, 0.3) is 0 Å². The van der Waals surface area contributed by atoms with Gasteiger partial charge in [0.25, 0.3) is 5.91 Å². The molecular formula is C35H44F7N3O5S. The van der Waals surface area contributed by atoms with E-state index in [1.54, 1.807) is 6.07 Å². The number of thiocarbonyl (C=S) groups is 1. The molecule has 8 nitrogen and oxygen atoms in total. The molecule has 0 aliphatic heterocycles. The van der Waals surface area contributed by atoms with Gasteiger partial charge in [-0.2, -0.15) is 35.7 Å². The summed E-state index contributed by atoms with van der Waals surface area (Å²) >= 11 is 4.57. The lowest BCUT2D eigenvalue weighted by molar-refractivity contribution is -0.343. The minimum atomic E-state index is -6.77. The summed E-state index contributed by atoms with van der Waals surface area (Å²) in [7, 11) is 0. The normalized spacial score (nSPS) is 12.9. The number of alkyl halides is 7. The van der Waals surface area contributed by atoms with Crippen LogP contribution in [0, 0.1) is 0 Å². The van der Waals surface area contributed by atoms with Crippen LogP contribution in [0.5, 0.6) is 17.2 Å². The van der Waals surface area contributed by atoms with Crippen LogP contribution in [-0.2, 0) is 15.0 Å². The Morgan fingerprint density at radius 2 is 1.39 bits per heavy atom. The Bertz CT molecular complexity index is 1540. The molecule has 0 fully saturated rings. The molecule has 0 spiro atoms.